The van der Waals surface area contributed by atoms with Gasteiger partial charge >= 0.3 is 0 Å². The molecule has 2 aromatic rings. The van der Waals surface area contributed by atoms with E-state index in [1.807, 2.05) is 0 Å². The van der Waals surface area contributed by atoms with Crippen molar-refractivity contribution in [3.63, 3.8) is 0 Å². The molecule has 1 atom stereocenters. The molecule has 0 aliphatic heterocycles. The average Bonchev–Trinajstić information content (AvgIpc) is 2.61. The van der Waals surface area contributed by atoms with E-state index in [0.717, 1.165) is 5.56 Å². The second-order valence-corrected chi connectivity index (χ2v) is 5.16. The second-order valence-electron chi connectivity index (χ2n) is 5.16. The Morgan fingerprint density at radius 1 is 1.17 bits per heavy atom. The first-order valence-electron chi connectivity index (χ1n) is 7.42. The van der Waals surface area contributed by atoms with Gasteiger partial charge < -0.3 is 21.1 Å². The van der Waals surface area contributed by atoms with Crippen LogP contribution >= 0.6 is 0 Å². The van der Waals surface area contributed by atoms with E-state index < -0.39 is 0 Å². The van der Waals surface area contributed by atoms with Gasteiger partial charge in [-0.1, -0.05) is 12.1 Å². The Bertz CT molecular complexity index is 674. The minimum Gasteiger partial charge on any atom is -0.375 e. The Balaban J connectivity index is 1.92. The van der Waals surface area contributed by atoms with Crippen LogP contribution in [-0.2, 0) is 9.53 Å². The minimum atomic E-state index is -0.358. The number of amides is 2. The number of nitrogens with one attached hydrogen (secondary N) is 2. The number of nitrogens with zero attached hydrogens (tertiary/aromatic N) is 1. The summed E-state index contributed by atoms with van der Waals surface area (Å²) >= 11 is 0. The van der Waals surface area contributed by atoms with Crippen molar-refractivity contribution >= 4 is 17.5 Å². The van der Waals surface area contributed by atoms with Crippen LogP contribution in [0, 0.1) is 0 Å². The fraction of sp³-hybridized carbons (Fsp3) is 0.235. The van der Waals surface area contributed by atoms with Gasteiger partial charge in [0, 0.05) is 43.3 Å². The molecule has 2 rings (SSSR count). The predicted octanol–water partition coefficient (Wildman–Crippen LogP) is 1.10. The zero-order chi connectivity index (χ0) is 17.4. The van der Waals surface area contributed by atoms with Crippen LogP contribution < -0.4 is 16.4 Å². The summed E-state index contributed by atoms with van der Waals surface area (Å²) in [7, 11) is 1.45. The molecular formula is C17H20N4O3. The van der Waals surface area contributed by atoms with Crippen molar-refractivity contribution in [3.05, 3.63) is 59.9 Å². The number of hydrogen-bond acceptors (Lipinski definition) is 5. The lowest BCUT2D eigenvalue weighted by atomic mass is 10.0. The molecule has 0 spiro atoms. The molecule has 24 heavy (non-hydrogen) atoms. The predicted molar refractivity (Wildman–Crippen MR) is 90.4 cm³/mol. The van der Waals surface area contributed by atoms with Gasteiger partial charge in [-0.2, -0.15) is 0 Å². The van der Waals surface area contributed by atoms with E-state index >= 15 is 0 Å². The number of hydrogen-bond donors (Lipinski definition) is 3. The lowest BCUT2D eigenvalue weighted by Gasteiger charge is -2.13. The summed E-state index contributed by atoms with van der Waals surface area (Å²) in [4.78, 5) is 27.4. The summed E-state index contributed by atoms with van der Waals surface area (Å²) in [6, 6.07) is 10.0. The van der Waals surface area contributed by atoms with Crippen molar-refractivity contribution in [2.45, 2.75) is 6.04 Å². The number of ether oxygens (including phenoxy) is 1. The molecule has 7 nitrogen and oxygen atoms in total. The maximum atomic E-state index is 12.1. The topological polar surface area (TPSA) is 106 Å². The van der Waals surface area contributed by atoms with E-state index in [0.29, 0.717) is 17.8 Å². The molecule has 0 saturated carbocycles. The van der Waals surface area contributed by atoms with Crippen molar-refractivity contribution in [2.75, 3.05) is 25.6 Å². The smallest absolute Gasteiger partial charge is 0.255 e. The van der Waals surface area contributed by atoms with Crippen LogP contribution in [0.1, 0.15) is 22.0 Å². The Hall–Kier alpha value is -2.77. The molecule has 0 saturated heterocycles. The third kappa shape index (κ3) is 5.15. The largest absolute Gasteiger partial charge is 0.375 e. The number of nitrogens with two attached hydrogens (primary N) is 1. The van der Waals surface area contributed by atoms with Crippen molar-refractivity contribution in [3.8, 4) is 0 Å². The SMILES string of the molecule is COCC(=O)NCC(N)c1ccc(C(=O)Nc2ccncc2)cc1. The van der Waals surface area contributed by atoms with Gasteiger partial charge in [0.1, 0.15) is 6.61 Å². The Labute approximate surface area is 140 Å². The van der Waals surface area contributed by atoms with Crippen molar-refractivity contribution in [1.29, 1.82) is 0 Å². The molecule has 0 bridgehead atoms. The molecular weight excluding hydrogens is 308 g/mol. The van der Waals surface area contributed by atoms with Crippen LogP contribution in [0.4, 0.5) is 5.69 Å². The lowest BCUT2D eigenvalue weighted by molar-refractivity contribution is -0.124. The third-order valence-electron chi connectivity index (χ3n) is 3.33. The van der Waals surface area contributed by atoms with Gasteiger partial charge in [0.25, 0.3) is 5.91 Å². The summed E-state index contributed by atoms with van der Waals surface area (Å²) in [6.07, 6.45) is 3.21. The highest BCUT2D eigenvalue weighted by Crippen LogP contribution is 2.13. The monoisotopic (exact) mass is 328 g/mol. The first kappa shape index (κ1) is 17.6. The third-order valence-corrected chi connectivity index (χ3v) is 3.33. The summed E-state index contributed by atoms with van der Waals surface area (Å²) in [5.41, 5.74) is 8.05. The van der Waals surface area contributed by atoms with Gasteiger partial charge in [0.05, 0.1) is 0 Å². The highest BCUT2D eigenvalue weighted by Gasteiger charge is 2.10. The molecule has 1 heterocycles. The maximum Gasteiger partial charge on any atom is 0.255 e. The van der Waals surface area contributed by atoms with Crippen molar-refractivity contribution in [2.24, 2.45) is 5.73 Å². The maximum absolute atomic E-state index is 12.1. The zero-order valence-corrected chi connectivity index (χ0v) is 13.4. The molecule has 0 fully saturated rings. The van der Waals surface area contributed by atoms with Crippen LogP contribution in [0.3, 0.4) is 0 Å². The van der Waals surface area contributed by atoms with Gasteiger partial charge in [-0.25, -0.2) is 0 Å². The molecule has 2 amide bonds. The minimum absolute atomic E-state index is 0.000828. The number of rotatable bonds is 7. The number of carbonyl (C=O) groups excluding carboxylic acids is 2. The molecule has 126 valence electrons. The van der Waals surface area contributed by atoms with Crippen LogP contribution in [0.5, 0.6) is 0 Å². The fourth-order valence-electron chi connectivity index (χ4n) is 2.04. The lowest BCUT2D eigenvalue weighted by Crippen LogP contribution is -2.34. The van der Waals surface area contributed by atoms with Gasteiger partial charge in [-0.3, -0.25) is 14.6 Å². The Morgan fingerprint density at radius 3 is 2.46 bits per heavy atom. The normalized spacial score (nSPS) is 11.6. The van der Waals surface area contributed by atoms with Crippen molar-refractivity contribution < 1.29 is 14.3 Å². The second kappa shape index (κ2) is 8.76. The summed E-state index contributed by atoms with van der Waals surface area (Å²) < 4.78 is 4.73. The molecule has 0 radical (unpaired) electrons. The average molecular weight is 328 g/mol. The van der Waals surface area contributed by atoms with E-state index in [4.69, 9.17) is 10.5 Å². The quantitative estimate of drug-likeness (QED) is 0.705. The number of benzene rings is 1. The molecule has 1 unspecified atom stereocenters. The van der Waals surface area contributed by atoms with Gasteiger partial charge in [-0.15, -0.1) is 0 Å². The van der Waals surface area contributed by atoms with E-state index in [2.05, 4.69) is 15.6 Å². The van der Waals surface area contributed by atoms with Crippen LogP contribution in [-0.4, -0.2) is 37.1 Å². The van der Waals surface area contributed by atoms with Gasteiger partial charge in [0.15, 0.2) is 0 Å². The van der Waals surface area contributed by atoms with Crippen LogP contribution in [0.25, 0.3) is 0 Å². The summed E-state index contributed by atoms with van der Waals surface area (Å²) in [5.74, 6) is -0.434. The summed E-state index contributed by atoms with van der Waals surface area (Å²) in [5, 5.41) is 5.46. The van der Waals surface area contributed by atoms with E-state index in [-0.39, 0.29) is 24.5 Å². The molecule has 0 aliphatic carbocycles. The van der Waals surface area contributed by atoms with Crippen molar-refractivity contribution in [1.82, 2.24) is 10.3 Å². The van der Waals surface area contributed by atoms with Crippen LogP contribution in [0.15, 0.2) is 48.8 Å². The van der Waals surface area contributed by atoms with Crippen LogP contribution in [0.2, 0.25) is 0 Å². The number of methoxy groups -OCH3 is 1. The fourth-order valence-corrected chi connectivity index (χ4v) is 2.04. The first-order valence-corrected chi connectivity index (χ1v) is 7.42. The molecule has 1 aromatic carbocycles. The first-order chi connectivity index (χ1) is 11.6. The standard InChI is InChI=1S/C17H20N4O3/c1-24-11-16(22)20-10-15(18)12-2-4-13(5-3-12)17(23)21-14-6-8-19-9-7-14/h2-9,15H,10-11,18H2,1H3,(H,20,22)(H,19,21,23). The summed E-state index contributed by atoms with van der Waals surface area (Å²) in [6.45, 7) is 0.297. The van der Waals surface area contributed by atoms with E-state index in [9.17, 15) is 9.59 Å². The van der Waals surface area contributed by atoms with E-state index in [1.165, 1.54) is 7.11 Å². The zero-order valence-electron chi connectivity index (χ0n) is 13.4. The molecule has 1 aromatic heterocycles. The van der Waals surface area contributed by atoms with Gasteiger partial charge in [0.2, 0.25) is 5.91 Å². The number of carbonyl (C=O) groups is 2. The number of anilines is 1. The molecule has 0 aliphatic rings. The Morgan fingerprint density at radius 2 is 1.83 bits per heavy atom. The number of pyridine rings is 1. The van der Waals surface area contributed by atoms with E-state index in [1.54, 1.807) is 48.8 Å². The number of aromatic nitrogens is 1. The highest BCUT2D eigenvalue weighted by molar-refractivity contribution is 6.04. The molecule has 7 heteroatoms. The Kier molecular flexibility index (Phi) is 6.41. The highest BCUT2D eigenvalue weighted by atomic mass is 16.5. The van der Waals surface area contributed by atoms with Gasteiger partial charge in [-0.05, 0) is 29.8 Å². The molecule has 4 N–H and O–H groups in total.